The molecule has 1 atom stereocenters. The first-order chi connectivity index (χ1) is 9.92. The van der Waals surface area contributed by atoms with Gasteiger partial charge in [-0.3, -0.25) is 0 Å². The number of anilines is 2. The molecular weight excluding hydrogens is 294 g/mol. The van der Waals surface area contributed by atoms with E-state index < -0.39 is 15.6 Å². The maximum Gasteiger partial charge on any atom is 0.240 e. The summed E-state index contributed by atoms with van der Waals surface area (Å²) >= 11 is 0. The van der Waals surface area contributed by atoms with Gasteiger partial charge in [0.2, 0.25) is 10.0 Å². The first kappa shape index (κ1) is 16.0. The molecule has 2 rings (SSSR count). The Morgan fingerprint density at radius 3 is 2.81 bits per heavy atom. The number of methoxy groups -OCH3 is 1. The first-order valence-corrected chi connectivity index (χ1v) is 8.11. The van der Waals surface area contributed by atoms with Crippen molar-refractivity contribution >= 4 is 21.4 Å². The van der Waals surface area contributed by atoms with Crippen LogP contribution in [0.3, 0.4) is 0 Å². The van der Waals surface area contributed by atoms with Gasteiger partial charge in [0.1, 0.15) is 5.60 Å². The van der Waals surface area contributed by atoms with Crippen LogP contribution in [-0.4, -0.2) is 47.9 Å². The van der Waals surface area contributed by atoms with Crippen molar-refractivity contribution in [1.29, 1.82) is 0 Å². The van der Waals surface area contributed by atoms with Crippen LogP contribution in [0.25, 0.3) is 0 Å². The van der Waals surface area contributed by atoms with Crippen LogP contribution in [0.15, 0.2) is 23.1 Å². The maximum absolute atomic E-state index is 11.8. The molecule has 0 aromatic heterocycles. The van der Waals surface area contributed by atoms with E-state index in [0.29, 0.717) is 31.1 Å². The summed E-state index contributed by atoms with van der Waals surface area (Å²) in [6.07, 6.45) is 0.783. The Kier molecular flexibility index (Phi) is 4.72. The van der Waals surface area contributed by atoms with Crippen molar-refractivity contribution in [2.24, 2.45) is 0 Å². The maximum atomic E-state index is 11.8. The van der Waals surface area contributed by atoms with Crippen LogP contribution in [0.5, 0.6) is 0 Å². The number of nitrogens with one attached hydrogen (secondary N) is 2. The number of nitrogens with two attached hydrogens (primary N) is 1. The second kappa shape index (κ2) is 6.18. The molecule has 0 spiro atoms. The van der Waals surface area contributed by atoms with E-state index in [2.05, 4.69) is 10.0 Å². The van der Waals surface area contributed by atoms with Gasteiger partial charge in [-0.25, -0.2) is 13.1 Å². The van der Waals surface area contributed by atoms with Gasteiger partial charge in [-0.2, -0.15) is 0 Å². The van der Waals surface area contributed by atoms with E-state index in [1.54, 1.807) is 13.2 Å². The van der Waals surface area contributed by atoms with Gasteiger partial charge >= 0.3 is 0 Å². The standard InChI is InChI=1S/C13H21N3O4S/c1-15-21(17,18)10-3-4-11(14)12(7-10)16-8-13(19-2)5-6-20-9-13/h3-4,7,15-16H,5-6,8-9,14H2,1-2H3. The second-order valence-electron chi connectivity index (χ2n) is 5.00. The highest BCUT2D eigenvalue weighted by atomic mass is 32.2. The largest absolute Gasteiger partial charge is 0.397 e. The lowest BCUT2D eigenvalue weighted by atomic mass is 10.0. The van der Waals surface area contributed by atoms with Crippen LogP contribution in [0, 0.1) is 0 Å². The second-order valence-corrected chi connectivity index (χ2v) is 6.89. The van der Waals surface area contributed by atoms with E-state index in [1.807, 2.05) is 0 Å². The molecule has 1 aliphatic rings. The number of rotatable bonds is 6. The van der Waals surface area contributed by atoms with Crippen LogP contribution in [-0.2, 0) is 19.5 Å². The molecule has 0 aliphatic carbocycles. The fourth-order valence-electron chi connectivity index (χ4n) is 2.19. The summed E-state index contributed by atoms with van der Waals surface area (Å²) in [5, 5.41) is 3.16. The summed E-state index contributed by atoms with van der Waals surface area (Å²) < 4.78 is 36.8. The normalized spacial score (nSPS) is 22.4. The molecule has 1 aliphatic heterocycles. The Balaban J connectivity index is 2.18. The smallest absolute Gasteiger partial charge is 0.240 e. The zero-order chi connectivity index (χ0) is 15.5. The first-order valence-electron chi connectivity index (χ1n) is 6.62. The van der Waals surface area contributed by atoms with Gasteiger partial charge in [0.15, 0.2) is 0 Å². The van der Waals surface area contributed by atoms with Crippen molar-refractivity contribution in [2.45, 2.75) is 16.9 Å². The van der Waals surface area contributed by atoms with Crippen LogP contribution in [0.1, 0.15) is 6.42 Å². The predicted octanol–water partition coefficient (Wildman–Crippen LogP) is 0.394. The van der Waals surface area contributed by atoms with Crippen molar-refractivity contribution in [3.63, 3.8) is 0 Å². The third-order valence-electron chi connectivity index (χ3n) is 3.70. The highest BCUT2D eigenvalue weighted by Gasteiger charge is 2.34. The van der Waals surface area contributed by atoms with Crippen molar-refractivity contribution in [2.75, 3.05) is 45.0 Å². The molecule has 0 saturated carbocycles. The Labute approximate surface area is 124 Å². The van der Waals surface area contributed by atoms with Gasteiger partial charge in [-0.05, 0) is 25.2 Å². The third kappa shape index (κ3) is 3.46. The average molecular weight is 315 g/mol. The summed E-state index contributed by atoms with van der Waals surface area (Å²) in [5.74, 6) is 0. The summed E-state index contributed by atoms with van der Waals surface area (Å²) in [6.45, 7) is 1.65. The summed E-state index contributed by atoms with van der Waals surface area (Å²) in [6, 6.07) is 4.55. The van der Waals surface area contributed by atoms with E-state index in [-0.39, 0.29) is 4.90 Å². The van der Waals surface area contributed by atoms with Crippen LogP contribution < -0.4 is 15.8 Å². The van der Waals surface area contributed by atoms with Gasteiger partial charge < -0.3 is 20.5 Å². The fourth-order valence-corrected chi connectivity index (χ4v) is 2.95. The quantitative estimate of drug-likeness (QED) is 0.657. The molecule has 0 amide bonds. The van der Waals surface area contributed by atoms with E-state index in [9.17, 15) is 8.42 Å². The number of benzene rings is 1. The Morgan fingerprint density at radius 2 is 2.24 bits per heavy atom. The van der Waals surface area contributed by atoms with Crippen molar-refractivity contribution in [3.8, 4) is 0 Å². The molecule has 21 heavy (non-hydrogen) atoms. The minimum absolute atomic E-state index is 0.163. The monoisotopic (exact) mass is 315 g/mol. The molecule has 0 bridgehead atoms. The van der Waals surface area contributed by atoms with Crippen LogP contribution in [0.4, 0.5) is 11.4 Å². The van der Waals surface area contributed by atoms with Gasteiger partial charge in [0.25, 0.3) is 0 Å². The minimum atomic E-state index is -3.50. The fraction of sp³-hybridized carbons (Fsp3) is 0.538. The summed E-state index contributed by atoms with van der Waals surface area (Å²) in [5.41, 5.74) is 6.54. The highest BCUT2D eigenvalue weighted by molar-refractivity contribution is 7.89. The van der Waals surface area contributed by atoms with Crippen molar-refractivity contribution in [1.82, 2.24) is 4.72 Å². The molecule has 1 unspecified atom stereocenters. The van der Waals surface area contributed by atoms with E-state index in [1.165, 1.54) is 19.2 Å². The zero-order valence-corrected chi connectivity index (χ0v) is 13.0. The molecule has 1 aromatic carbocycles. The highest BCUT2D eigenvalue weighted by Crippen LogP contribution is 2.27. The Bertz CT molecular complexity index is 597. The predicted molar refractivity (Wildman–Crippen MR) is 80.8 cm³/mol. The van der Waals surface area contributed by atoms with Gasteiger partial charge in [0.05, 0.1) is 22.9 Å². The lowest BCUT2D eigenvalue weighted by molar-refractivity contribution is -0.00619. The third-order valence-corrected chi connectivity index (χ3v) is 5.12. The van der Waals surface area contributed by atoms with Gasteiger partial charge in [0, 0.05) is 26.7 Å². The minimum Gasteiger partial charge on any atom is -0.397 e. The summed E-state index contributed by atoms with van der Waals surface area (Å²) in [4.78, 5) is 0.163. The van der Waals surface area contributed by atoms with Crippen molar-refractivity contribution < 1.29 is 17.9 Å². The van der Waals surface area contributed by atoms with E-state index >= 15 is 0 Å². The van der Waals surface area contributed by atoms with Crippen LogP contribution in [0.2, 0.25) is 0 Å². The molecule has 1 aromatic rings. The lowest BCUT2D eigenvalue weighted by Gasteiger charge is -2.27. The van der Waals surface area contributed by atoms with Crippen molar-refractivity contribution in [3.05, 3.63) is 18.2 Å². The molecule has 8 heteroatoms. The summed E-state index contributed by atoms with van der Waals surface area (Å²) in [7, 11) is -0.487. The van der Waals surface area contributed by atoms with Gasteiger partial charge in [-0.15, -0.1) is 0 Å². The number of hydrogen-bond acceptors (Lipinski definition) is 6. The SMILES string of the molecule is CNS(=O)(=O)c1ccc(N)c(NCC2(OC)CCOC2)c1. The number of sulfonamides is 1. The van der Waals surface area contributed by atoms with Crippen LogP contribution >= 0.6 is 0 Å². The number of ether oxygens (including phenoxy) is 2. The molecule has 118 valence electrons. The molecular formula is C13H21N3O4S. The lowest BCUT2D eigenvalue weighted by Crippen LogP contribution is -2.39. The topological polar surface area (TPSA) is 103 Å². The molecule has 1 heterocycles. The van der Waals surface area contributed by atoms with E-state index in [0.717, 1.165) is 6.42 Å². The molecule has 0 radical (unpaired) electrons. The Hall–Kier alpha value is -1.35. The Morgan fingerprint density at radius 1 is 1.48 bits per heavy atom. The zero-order valence-electron chi connectivity index (χ0n) is 12.2. The molecule has 1 fully saturated rings. The molecule has 1 saturated heterocycles. The number of nitrogen functional groups attached to an aromatic ring is 1. The van der Waals surface area contributed by atoms with E-state index in [4.69, 9.17) is 15.2 Å². The molecule has 7 nitrogen and oxygen atoms in total. The number of hydrogen-bond donors (Lipinski definition) is 3. The average Bonchev–Trinajstić information content (AvgIpc) is 2.95. The molecule has 4 N–H and O–H groups in total. The van der Waals surface area contributed by atoms with Gasteiger partial charge in [-0.1, -0.05) is 0 Å².